The summed E-state index contributed by atoms with van der Waals surface area (Å²) in [5, 5.41) is 0. The van der Waals surface area contributed by atoms with E-state index in [-0.39, 0.29) is 6.09 Å². The maximum atomic E-state index is 12.3. The molecule has 1 fully saturated rings. The number of nitrogens with zero attached hydrogens (tertiary/aromatic N) is 1. The Kier molecular flexibility index (Phi) is 6.45. The van der Waals surface area contributed by atoms with Crippen LogP contribution in [-0.2, 0) is 11.3 Å². The molecule has 5 heteroatoms. The molecular weight excluding hydrogens is 346 g/mol. The monoisotopic (exact) mass is 371 g/mol. The van der Waals surface area contributed by atoms with Gasteiger partial charge in [0.25, 0.3) is 0 Å². The van der Waals surface area contributed by atoms with Gasteiger partial charge in [0.05, 0.1) is 7.11 Å². The third kappa shape index (κ3) is 4.52. The summed E-state index contributed by atoms with van der Waals surface area (Å²) < 4.78 is 10.8. The Balaban J connectivity index is 1.56. The van der Waals surface area contributed by atoms with Crippen molar-refractivity contribution in [1.82, 2.24) is 4.90 Å². The van der Waals surface area contributed by atoms with Crippen molar-refractivity contribution in [1.29, 1.82) is 0 Å². The first-order valence-electron chi connectivity index (χ1n) is 8.89. The Bertz CT molecular complexity index is 727. The lowest BCUT2D eigenvalue weighted by molar-refractivity contribution is 0.0869. The molecule has 0 aliphatic carbocycles. The molecule has 0 saturated carbocycles. The smallest absolute Gasteiger partial charge is 0.410 e. The summed E-state index contributed by atoms with van der Waals surface area (Å²) >= 11 is 1.76. The van der Waals surface area contributed by atoms with Crippen LogP contribution >= 0.6 is 11.8 Å². The van der Waals surface area contributed by atoms with Crippen molar-refractivity contribution < 1.29 is 14.3 Å². The molecule has 0 unspecified atom stereocenters. The van der Waals surface area contributed by atoms with E-state index < -0.39 is 0 Å². The van der Waals surface area contributed by atoms with Gasteiger partial charge >= 0.3 is 6.09 Å². The summed E-state index contributed by atoms with van der Waals surface area (Å²) in [5.74, 6) is 1.34. The topological polar surface area (TPSA) is 38.8 Å². The molecule has 138 valence electrons. The lowest BCUT2D eigenvalue weighted by Gasteiger charge is -2.32. The first-order valence-corrected chi connectivity index (χ1v) is 10.1. The van der Waals surface area contributed by atoms with Crippen molar-refractivity contribution in [3.8, 4) is 5.75 Å². The zero-order valence-electron chi connectivity index (χ0n) is 15.3. The highest BCUT2D eigenvalue weighted by molar-refractivity contribution is 7.98. The molecule has 4 nitrogen and oxygen atoms in total. The fourth-order valence-electron chi connectivity index (χ4n) is 3.34. The Hall–Kier alpha value is -2.14. The van der Waals surface area contributed by atoms with E-state index in [4.69, 9.17) is 9.47 Å². The molecule has 0 radical (unpaired) electrons. The highest BCUT2D eigenvalue weighted by Crippen LogP contribution is 2.36. The summed E-state index contributed by atoms with van der Waals surface area (Å²) in [7, 11) is 1.70. The zero-order chi connectivity index (χ0) is 18.4. The molecule has 0 spiro atoms. The van der Waals surface area contributed by atoms with Crippen LogP contribution < -0.4 is 4.74 Å². The first kappa shape index (κ1) is 18.6. The third-order valence-corrected chi connectivity index (χ3v) is 5.65. The van der Waals surface area contributed by atoms with Gasteiger partial charge in [0, 0.05) is 18.0 Å². The summed E-state index contributed by atoms with van der Waals surface area (Å²) in [5.41, 5.74) is 2.34. The van der Waals surface area contributed by atoms with Gasteiger partial charge in [0.1, 0.15) is 12.4 Å². The van der Waals surface area contributed by atoms with E-state index in [1.54, 1.807) is 18.9 Å². The van der Waals surface area contributed by atoms with Crippen LogP contribution in [0.15, 0.2) is 53.4 Å². The van der Waals surface area contributed by atoms with Crippen LogP contribution in [0.25, 0.3) is 0 Å². The van der Waals surface area contributed by atoms with Gasteiger partial charge in [-0.25, -0.2) is 4.79 Å². The van der Waals surface area contributed by atoms with E-state index in [1.807, 2.05) is 41.3 Å². The van der Waals surface area contributed by atoms with E-state index >= 15 is 0 Å². The maximum absolute atomic E-state index is 12.3. The minimum absolute atomic E-state index is 0.219. The van der Waals surface area contributed by atoms with E-state index in [2.05, 4.69) is 18.4 Å². The van der Waals surface area contributed by atoms with E-state index in [1.165, 1.54) is 10.5 Å². The average molecular weight is 372 g/mol. The molecule has 0 bridgehead atoms. The normalized spacial score (nSPS) is 14.9. The SMILES string of the molecule is COc1ccc(SC)c(C2CCN(C(=O)OCc3ccccc3)CC2)c1. The van der Waals surface area contributed by atoms with Crippen LogP contribution in [0.5, 0.6) is 5.75 Å². The van der Waals surface area contributed by atoms with Gasteiger partial charge in [-0.1, -0.05) is 30.3 Å². The second-order valence-corrected chi connectivity index (χ2v) is 7.26. The molecule has 2 aromatic carbocycles. The van der Waals surface area contributed by atoms with Gasteiger partial charge < -0.3 is 14.4 Å². The molecule has 0 atom stereocenters. The number of hydrogen-bond acceptors (Lipinski definition) is 4. The molecule has 0 N–H and O–H groups in total. The minimum Gasteiger partial charge on any atom is -0.497 e. The highest BCUT2D eigenvalue weighted by atomic mass is 32.2. The number of likely N-dealkylation sites (tertiary alicyclic amines) is 1. The van der Waals surface area contributed by atoms with Crippen molar-refractivity contribution >= 4 is 17.9 Å². The number of piperidine rings is 1. The number of methoxy groups -OCH3 is 1. The van der Waals surface area contributed by atoms with Crippen LogP contribution in [0.1, 0.15) is 29.9 Å². The van der Waals surface area contributed by atoms with Crippen molar-refractivity contribution in [2.24, 2.45) is 0 Å². The predicted octanol–water partition coefficient (Wildman–Crippen LogP) is 4.93. The van der Waals surface area contributed by atoms with Crippen LogP contribution in [0.4, 0.5) is 4.79 Å². The molecule has 1 amide bonds. The van der Waals surface area contributed by atoms with Crippen molar-refractivity contribution in [2.45, 2.75) is 30.3 Å². The quantitative estimate of drug-likeness (QED) is 0.698. The Labute approximate surface area is 159 Å². The van der Waals surface area contributed by atoms with Crippen LogP contribution in [-0.4, -0.2) is 37.4 Å². The number of carbonyl (C=O) groups is 1. The molecule has 26 heavy (non-hydrogen) atoms. The van der Waals surface area contributed by atoms with E-state index in [0.29, 0.717) is 12.5 Å². The van der Waals surface area contributed by atoms with Crippen LogP contribution in [0.3, 0.4) is 0 Å². The summed E-state index contributed by atoms with van der Waals surface area (Å²) in [6, 6.07) is 16.1. The molecule has 1 heterocycles. The van der Waals surface area contributed by atoms with Gasteiger partial charge in [-0.3, -0.25) is 0 Å². The summed E-state index contributed by atoms with van der Waals surface area (Å²) in [6.07, 6.45) is 3.77. The first-order chi connectivity index (χ1) is 12.7. The Morgan fingerprint density at radius 2 is 1.88 bits per heavy atom. The Morgan fingerprint density at radius 1 is 1.15 bits per heavy atom. The molecular formula is C21H25NO3S. The lowest BCUT2D eigenvalue weighted by Crippen LogP contribution is -2.38. The molecule has 1 aliphatic heterocycles. The standard InChI is InChI=1S/C21H25NO3S/c1-24-18-8-9-20(26-2)19(14-18)17-10-12-22(13-11-17)21(23)25-15-16-6-4-3-5-7-16/h3-9,14,17H,10-13,15H2,1-2H3. The van der Waals surface area contributed by atoms with Crippen molar-refractivity contribution in [3.05, 3.63) is 59.7 Å². The van der Waals surface area contributed by atoms with Gasteiger partial charge in [-0.2, -0.15) is 0 Å². The number of carbonyl (C=O) groups excluding carboxylic acids is 1. The molecule has 1 aliphatic rings. The second kappa shape index (κ2) is 8.99. The lowest BCUT2D eigenvalue weighted by atomic mass is 9.89. The van der Waals surface area contributed by atoms with Gasteiger partial charge in [0.15, 0.2) is 0 Å². The predicted molar refractivity (Wildman–Crippen MR) is 105 cm³/mol. The molecule has 3 rings (SSSR count). The van der Waals surface area contributed by atoms with Crippen LogP contribution in [0.2, 0.25) is 0 Å². The van der Waals surface area contributed by atoms with Crippen molar-refractivity contribution in [3.63, 3.8) is 0 Å². The fraction of sp³-hybridized carbons (Fsp3) is 0.381. The number of hydrogen-bond donors (Lipinski definition) is 0. The molecule has 0 aromatic heterocycles. The van der Waals surface area contributed by atoms with Gasteiger partial charge in [-0.15, -0.1) is 11.8 Å². The average Bonchev–Trinajstić information content (AvgIpc) is 2.72. The van der Waals surface area contributed by atoms with E-state index in [9.17, 15) is 4.79 Å². The second-order valence-electron chi connectivity index (χ2n) is 6.41. The van der Waals surface area contributed by atoms with Gasteiger partial charge in [0.2, 0.25) is 0 Å². The van der Waals surface area contributed by atoms with Gasteiger partial charge in [-0.05, 0) is 54.3 Å². The Morgan fingerprint density at radius 3 is 2.54 bits per heavy atom. The van der Waals surface area contributed by atoms with Crippen LogP contribution in [0, 0.1) is 0 Å². The molecule has 1 saturated heterocycles. The highest BCUT2D eigenvalue weighted by Gasteiger charge is 2.26. The maximum Gasteiger partial charge on any atom is 0.410 e. The number of ether oxygens (including phenoxy) is 2. The van der Waals surface area contributed by atoms with E-state index in [0.717, 1.165) is 37.2 Å². The third-order valence-electron chi connectivity index (χ3n) is 4.83. The van der Waals surface area contributed by atoms with Crippen molar-refractivity contribution in [2.75, 3.05) is 26.5 Å². The number of amides is 1. The number of benzene rings is 2. The molecule has 2 aromatic rings. The number of thioether (sulfide) groups is 1. The minimum atomic E-state index is -0.219. The largest absolute Gasteiger partial charge is 0.497 e. The zero-order valence-corrected chi connectivity index (χ0v) is 16.1. The summed E-state index contributed by atoms with van der Waals surface area (Å²) in [4.78, 5) is 15.4. The number of rotatable bonds is 5. The summed E-state index contributed by atoms with van der Waals surface area (Å²) in [6.45, 7) is 1.78. The fourth-order valence-corrected chi connectivity index (χ4v) is 4.01.